The molecule has 2 nitrogen and oxygen atoms in total. The number of pyridine rings is 2. The van der Waals surface area contributed by atoms with Crippen molar-refractivity contribution in [3.63, 3.8) is 0 Å². The Hall–Kier alpha value is -3.09. The average molecular weight is 391 g/mol. The first-order valence-electron chi connectivity index (χ1n) is 9.09. The summed E-state index contributed by atoms with van der Waals surface area (Å²) in [7, 11) is 1.19. The largest absolute Gasteiger partial charge is 0.266 e. The Balaban J connectivity index is 1.37. The smallest absolute Gasteiger partial charge is 0.147 e. The molecule has 0 aliphatic carbocycles. The van der Waals surface area contributed by atoms with Gasteiger partial charge in [0.15, 0.2) is 0 Å². The summed E-state index contributed by atoms with van der Waals surface area (Å²) in [5.41, 5.74) is 2.41. The molecule has 4 heteroatoms. The summed E-state index contributed by atoms with van der Waals surface area (Å²) in [4.78, 5) is 8.80. The van der Waals surface area contributed by atoms with Crippen molar-refractivity contribution in [1.82, 2.24) is 9.97 Å². The number of benzene rings is 2. The van der Waals surface area contributed by atoms with Crippen molar-refractivity contribution in [2.45, 2.75) is 0 Å². The maximum absolute atomic E-state index is 4.40. The van der Waals surface area contributed by atoms with Crippen LogP contribution in [-0.2, 0) is 0 Å². The second kappa shape index (κ2) is 9.21. The third-order valence-corrected chi connectivity index (χ3v) is 6.51. The van der Waals surface area contributed by atoms with E-state index in [1.807, 2.05) is 36.7 Å². The van der Waals surface area contributed by atoms with Gasteiger partial charge in [0.05, 0.1) is 0 Å². The molecule has 4 radical (unpaired) electrons. The molecular formula is C24H18N2Si2. The van der Waals surface area contributed by atoms with Crippen molar-refractivity contribution in [3.8, 4) is 0 Å². The van der Waals surface area contributed by atoms with Crippen molar-refractivity contribution in [3.05, 3.63) is 108 Å². The second-order valence-corrected chi connectivity index (χ2v) is 8.94. The normalized spacial score (nSPS) is 11.0. The molecule has 0 fully saturated rings. The minimum Gasteiger partial charge on any atom is -0.266 e. The summed E-state index contributed by atoms with van der Waals surface area (Å²) >= 11 is 0. The summed E-state index contributed by atoms with van der Waals surface area (Å²) < 4.78 is 0. The predicted octanol–water partition coefficient (Wildman–Crippen LogP) is 1.96. The Morgan fingerprint density at radius 1 is 0.500 bits per heavy atom. The molecule has 4 rings (SSSR count). The third kappa shape index (κ3) is 5.22. The van der Waals surface area contributed by atoms with E-state index in [1.165, 1.54) is 21.5 Å². The minimum atomic E-state index is 0.595. The van der Waals surface area contributed by atoms with Gasteiger partial charge in [-0.25, -0.2) is 0 Å². The van der Waals surface area contributed by atoms with E-state index in [0.29, 0.717) is 19.0 Å². The fourth-order valence-electron chi connectivity index (χ4n) is 2.72. The van der Waals surface area contributed by atoms with Gasteiger partial charge in [0.1, 0.15) is 19.0 Å². The highest BCUT2D eigenvalue weighted by Gasteiger charge is 2.00. The molecule has 0 spiro atoms. The van der Waals surface area contributed by atoms with E-state index >= 15 is 0 Å². The van der Waals surface area contributed by atoms with Gasteiger partial charge in [-0.3, -0.25) is 9.97 Å². The van der Waals surface area contributed by atoms with Gasteiger partial charge < -0.3 is 0 Å². The monoisotopic (exact) mass is 390 g/mol. The molecule has 4 aromatic rings. The van der Waals surface area contributed by atoms with E-state index in [1.54, 1.807) is 0 Å². The van der Waals surface area contributed by atoms with Gasteiger partial charge in [-0.2, -0.15) is 0 Å². The third-order valence-electron chi connectivity index (χ3n) is 4.16. The molecule has 0 atom stereocenters. The highest BCUT2D eigenvalue weighted by atomic mass is 28.2. The lowest BCUT2D eigenvalue weighted by Gasteiger charge is -2.02. The van der Waals surface area contributed by atoms with Gasteiger partial charge in [0, 0.05) is 23.0 Å². The fraction of sp³-hybridized carbons (Fsp3) is 0. The van der Waals surface area contributed by atoms with Gasteiger partial charge in [-0.15, -0.1) is 0 Å². The summed E-state index contributed by atoms with van der Waals surface area (Å²) in [5, 5.41) is 4.85. The Labute approximate surface area is 170 Å². The van der Waals surface area contributed by atoms with Crippen LogP contribution in [-0.4, -0.2) is 29.0 Å². The maximum atomic E-state index is 4.40. The molecule has 0 aliphatic rings. The molecule has 0 unspecified atom stereocenters. The number of nitrogens with zero attached hydrogens (tertiary/aromatic N) is 2. The molecule has 0 saturated heterocycles. The molecule has 0 aliphatic heterocycles. The van der Waals surface area contributed by atoms with Gasteiger partial charge in [0.2, 0.25) is 0 Å². The van der Waals surface area contributed by atoms with Crippen LogP contribution in [0.15, 0.2) is 97.3 Å². The van der Waals surface area contributed by atoms with Crippen molar-refractivity contribution >= 4 is 52.2 Å². The standard InChI is InChI=1S/C24H18N2Si2/c1-3-17-25-23(5-1)27-21-13-9-19(10-14-21)7-8-20-11-15-22(16-12-20)28-24-6-2-4-18-26-24/h1-18H/b8-7+. The highest BCUT2D eigenvalue weighted by molar-refractivity contribution is 6.66. The Bertz CT molecular complexity index is 942. The zero-order valence-corrected chi connectivity index (χ0v) is 17.3. The maximum Gasteiger partial charge on any atom is 0.147 e. The molecule has 0 N–H and O–H groups in total. The van der Waals surface area contributed by atoms with Crippen LogP contribution in [0.5, 0.6) is 0 Å². The van der Waals surface area contributed by atoms with Crippen LogP contribution in [0.4, 0.5) is 0 Å². The Kier molecular flexibility index (Phi) is 6.02. The quantitative estimate of drug-likeness (QED) is 0.372. The lowest BCUT2D eigenvalue weighted by molar-refractivity contribution is 1.39. The summed E-state index contributed by atoms with van der Waals surface area (Å²) in [5.74, 6) is 0. The van der Waals surface area contributed by atoms with Crippen molar-refractivity contribution < 1.29 is 0 Å². The molecule has 2 heterocycles. The fourth-order valence-corrected chi connectivity index (χ4v) is 4.61. The first-order valence-corrected chi connectivity index (χ1v) is 11.1. The first kappa shape index (κ1) is 18.3. The number of rotatable bonds is 6. The summed E-state index contributed by atoms with van der Waals surface area (Å²) in [6, 6.07) is 29.5. The van der Waals surface area contributed by atoms with Crippen LogP contribution in [0.3, 0.4) is 0 Å². The Morgan fingerprint density at radius 3 is 1.29 bits per heavy atom. The van der Waals surface area contributed by atoms with Crippen LogP contribution >= 0.6 is 0 Å². The molecule has 0 amide bonds. The molecule has 28 heavy (non-hydrogen) atoms. The number of aromatic nitrogens is 2. The van der Waals surface area contributed by atoms with E-state index in [-0.39, 0.29) is 0 Å². The minimum absolute atomic E-state index is 0.595. The van der Waals surface area contributed by atoms with Gasteiger partial charge in [-0.1, -0.05) is 83.2 Å². The SMILES string of the molecule is C(=C\c1ccc([Si]c2ccccn2)cc1)/c1ccc([Si]c2ccccn2)cc1. The van der Waals surface area contributed by atoms with E-state index in [4.69, 9.17) is 0 Å². The topological polar surface area (TPSA) is 25.8 Å². The van der Waals surface area contributed by atoms with E-state index in [0.717, 1.165) is 10.6 Å². The number of hydrogen-bond acceptors (Lipinski definition) is 2. The van der Waals surface area contributed by atoms with Crippen LogP contribution < -0.4 is 21.0 Å². The second-order valence-electron chi connectivity index (χ2n) is 6.26. The zero-order chi connectivity index (χ0) is 19.0. The van der Waals surface area contributed by atoms with Crippen molar-refractivity contribution in [2.75, 3.05) is 0 Å². The van der Waals surface area contributed by atoms with Crippen LogP contribution in [0.25, 0.3) is 12.2 Å². The summed E-state index contributed by atoms with van der Waals surface area (Å²) in [6.07, 6.45) is 8.01. The van der Waals surface area contributed by atoms with Crippen LogP contribution in [0, 0.1) is 0 Å². The van der Waals surface area contributed by atoms with Crippen molar-refractivity contribution in [2.24, 2.45) is 0 Å². The molecular weight excluding hydrogens is 372 g/mol. The number of hydrogen-bond donors (Lipinski definition) is 0. The molecule has 132 valence electrons. The molecule has 2 aromatic carbocycles. The lowest BCUT2D eigenvalue weighted by Crippen LogP contribution is -2.28. The van der Waals surface area contributed by atoms with Crippen molar-refractivity contribution in [1.29, 1.82) is 0 Å². The average Bonchev–Trinajstić information content (AvgIpc) is 2.76. The molecule has 0 saturated carbocycles. The zero-order valence-electron chi connectivity index (χ0n) is 15.3. The van der Waals surface area contributed by atoms with Gasteiger partial charge >= 0.3 is 0 Å². The van der Waals surface area contributed by atoms with Crippen LogP contribution in [0.2, 0.25) is 0 Å². The molecule has 0 bridgehead atoms. The van der Waals surface area contributed by atoms with E-state index in [9.17, 15) is 0 Å². The molecule has 2 aromatic heterocycles. The van der Waals surface area contributed by atoms with Crippen LogP contribution in [0.1, 0.15) is 11.1 Å². The summed E-state index contributed by atoms with van der Waals surface area (Å²) in [6.45, 7) is 0. The van der Waals surface area contributed by atoms with Gasteiger partial charge in [0.25, 0.3) is 0 Å². The van der Waals surface area contributed by atoms with E-state index in [2.05, 4.69) is 82.8 Å². The highest BCUT2D eigenvalue weighted by Crippen LogP contribution is 2.06. The predicted molar refractivity (Wildman–Crippen MR) is 120 cm³/mol. The Morgan fingerprint density at radius 2 is 0.929 bits per heavy atom. The van der Waals surface area contributed by atoms with Gasteiger partial charge in [-0.05, 0) is 35.4 Å². The lowest BCUT2D eigenvalue weighted by atomic mass is 10.1. The van der Waals surface area contributed by atoms with E-state index < -0.39 is 0 Å². The first-order chi connectivity index (χ1) is 13.8.